The van der Waals surface area contributed by atoms with Gasteiger partial charge in [-0.1, -0.05) is 12.8 Å². The van der Waals surface area contributed by atoms with E-state index in [1.54, 1.807) is 30.9 Å². The number of aryl methyl sites for hydroxylation is 1. The van der Waals surface area contributed by atoms with Gasteiger partial charge in [0.15, 0.2) is 0 Å². The molecule has 3 rings (SSSR count). The van der Waals surface area contributed by atoms with Crippen molar-refractivity contribution in [3.8, 4) is 0 Å². The largest absolute Gasteiger partial charge is 0.462 e. The van der Waals surface area contributed by atoms with Gasteiger partial charge in [-0.2, -0.15) is 0 Å². The van der Waals surface area contributed by atoms with E-state index >= 15 is 0 Å². The normalized spacial score (nSPS) is 18.3. The van der Waals surface area contributed by atoms with Crippen LogP contribution < -0.4 is 0 Å². The Bertz CT molecular complexity index is 748. The van der Waals surface area contributed by atoms with Gasteiger partial charge >= 0.3 is 5.97 Å². The van der Waals surface area contributed by atoms with Gasteiger partial charge in [-0.15, -0.1) is 0 Å². The maximum absolute atomic E-state index is 12.8. The number of piperidine rings is 1. The smallest absolute Gasteiger partial charge is 0.339 e. The minimum Gasteiger partial charge on any atom is -0.462 e. The van der Waals surface area contributed by atoms with E-state index in [9.17, 15) is 14.4 Å². The number of amides is 2. The SMILES string of the molecule is CCOC(=O)c1ccc(C(=O)N2CCC(C(=O)N3CCCCCC3)CC2)nc1C. The molecule has 0 unspecified atom stereocenters. The number of ether oxygens (including phenoxy) is 1. The van der Waals surface area contributed by atoms with Crippen LogP contribution in [0.5, 0.6) is 0 Å². The number of likely N-dealkylation sites (tertiary alicyclic amines) is 2. The zero-order chi connectivity index (χ0) is 20.8. The Morgan fingerprint density at radius 2 is 1.66 bits per heavy atom. The van der Waals surface area contributed by atoms with Crippen molar-refractivity contribution in [2.45, 2.75) is 52.4 Å². The molecule has 0 aromatic carbocycles. The highest BCUT2D eigenvalue weighted by atomic mass is 16.5. The predicted octanol–water partition coefficient (Wildman–Crippen LogP) is 2.82. The number of esters is 1. The number of nitrogens with zero attached hydrogens (tertiary/aromatic N) is 3. The number of rotatable bonds is 4. The molecule has 0 radical (unpaired) electrons. The van der Waals surface area contributed by atoms with Gasteiger partial charge in [0.05, 0.1) is 17.9 Å². The summed E-state index contributed by atoms with van der Waals surface area (Å²) in [5.41, 5.74) is 1.19. The first-order chi connectivity index (χ1) is 14.0. The number of carbonyl (C=O) groups excluding carboxylic acids is 3. The van der Waals surface area contributed by atoms with Crippen LogP contribution >= 0.6 is 0 Å². The number of carbonyl (C=O) groups is 3. The van der Waals surface area contributed by atoms with Gasteiger partial charge in [0.2, 0.25) is 5.91 Å². The van der Waals surface area contributed by atoms with Crippen molar-refractivity contribution in [3.05, 3.63) is 29.1 Å². The van der Waals surface area contributed by atoms with Crippen LogP contribution in [0.15, 0.2) is 12.1 Å². The van der Waals surface area contributed by atoms with Gasteiger partial charge in [0, 0.05) is 32.1 Å². The van der Waals surface area contributed by atoms with E-state index < -0.39 is 5.97 Å². The Labute approximate surface area is 172 Å². The molecular formula is C22H31N3O4. The Kier molecular flexibility index (Phi) is 7.23. The fraction of sp³-hybridized carbons (Fsp3) is 0.636. The highest BCUT2D eigenvalue weighted by Crippen LogP contribution is 2.23. The molecule has 2 saturated heterocycles. The predicted molar refractivity (Wildman–Crippen MR) is 109 cm³/mol. The zero-order valence-corrected chi connectivity index (χ0v) is 17.5. The third-order valence-corrected chi connectivity index (χ3v) is 5.85. The molecule has 7 heteroatoms. The van der Waals surface area contributed by atoms with Crippen LogP contribution in [0.3, 0.4) is 0 Å². The van der Waals surface area contributed by atoms with Crippen molar-refractivity contribution in [3.63, 3.8) is 0 Å². The van der Waals surface area contributed by atoms with Crippen LogP contribution in [-0.2, 0) is 9.53 Å². The summed E-state index contributed by atoms with van der Waals surface area (Å²) >= 11 is 0. The molecule has 0 N–H and O–H groups in total. The lowest BCUT2D eigenvalue weighted by Crippen LogP contribution is -2.44. The van der Waals surface area contributed by atoms with Crippen molar-refractivity contribution in [2.75, 3.05) is 32.8 Å². The fourth-order valence-corrected chi connectivity index (χ4v) is 4.15. The topological polar surface area (TPSA) is 79.8 Å². The molecule has 0 aliphatic carbocycles. The van der Waals surface area contributed by atoms with E-state index in [0.29, 0.717) is 49.5 Å². The summed E-state index contributed by atoms with van der Waals surface area (Å²) in [4.78, 5) is 45.7. The molecule has 2 fully saturated rings. The maximum Gasteiger partial charge on any atom is 0.339 e. The molecule has 0 bridgehead atoms. The monoisotopic (exact) mass is 401 g/mol. The molecule has 2 aliphatic rings. The maximum atomic E-state index is 12.8. The highest BCUT2D eigenvalue weighted by molar-refractivity contribution is 5.95. The van der Waals surface area contributed by atoms with Gasteiger partial charge < -0.3 is 14.5 Å². The molecule has 1 aromatic rings. The summed E-state index contributed by atoms with van der Waals surface area (Å²) in [6.45, 7) is 6.60. The summed E-state index contributed by atoms with van der Waals surface area (Å²) in [7, 11) is 0. The number of pyridine rings is 1. The average molecular weight is 402 g/mol. The van der Waals surface area contributed by atoms with Gasteiger partial charge in [-0.05, 0) is 51.7 Å². The van der Waals surface area contributed by atoms with E-state index in [0.717, 1.165) is 25.9 Å². The summed E-state index contributed by atoms with van der Waals surface area (Å²) in [5.74, 6) is -0.307. The van der Waals surface area contributed by atoms with E-state index in [1.165, 1.54) is 12.8 Å². The molecule has 7 nitrogen and oxygen atoms in total. The number of aromatic nitrogens is 1. The third kappa shape index (κ3) is 5.14. The Morgan fingerprint density at radius 1 is 1.00 bits per heavy atom. The molecule has 0 atom stereocenters. The second-order valence-corrected chi connectivity index (χ2v) is 7.86. The Hall–Kier alpha value is -2.44. The second-order valence-electron chi connectivity index (χ2n) is 7.86. The fourth-order valence-electron chi connectivity index (χ4n) is 4.15. The summed E-state index contributed by atoms with van der Waals surface area (Å²) < 4.78 is 5.01. The first-order valence-corrected chi connectivity index (χ1v) is 10.7. The molecular weight excluding hydrogens is 370 g/mol. The number of hydrogen-bond acceptors (Lipinski definition) is 5. The Balaban J connectivity index is 1.57. The quantitative estimate of drug-likeness (QED) is 0.725. The van der Waals surface area contributed by atoms with Gasteiger partial charge in [-0.3, -0.25) is 9.59 Å². The van der Waals surface area contributed by atoms with Crippen molar-refractivity contribution in [1.29, 1.82) is 0 Å². The standard InChI is InChI=1S/C22H31N3O4/c1-3-29-22(28)18-8-9-19(23-16(18)2)21(27)25-14-10-17(11-15-25)20(26)24-12-6-4-5-7-13-24/h8-9,17H,3-7,10-15H2,1-2H3. The van der Waals surface area contributed by atoms with E-state index in [2.05, 4.69) is 4.98 Å². The lowest BCUT2D eigenvalue weighted by atomic mass is 9.95. The zero-order valence-electron chi connectivity index (χ0n) is 17.5. The van der Waals surface area contributed by atoms with E-state index in [1.807, 2.05) is 4.90 Å². The molecule has 1 aromatic heterocycles. The summed E-state index contributed by atoms with van der Waals surface area (Å²) in [6, 6.07) is 3.18. The first kappa shape index (κ1) is 21.3. The molecule has 29 heavy (non-hydrogen) atoms. The van der Waals surface area contributed by atoms with Gasteiger partial charge in [0.25, 0.3) is 5.91 Å². The van der Waals surface area contributed by atoms with Crippen LogP contribution in [0.4, 0.5) is 0 Å². The van der Waals surface area contributed by atoms with Crippen molar-refractivity contribution < 1.29 is 19.1 Å². The van der Waals surface area contributed by atoms with E-state index in [4.69, 9.17) is 4.74 Å². The molecule has 158 valence electrons. The third-order valence-electron chi connectivity index (χ3n) is 5.85. The van der Waals surface area contributed by atoms with Gasteiger partial charge in [0.1, 0.15) is 5.69 Å². The highest BCUT2D eigenvalue weighted by Gasteiger charge is 2.31. The average Bonchev–Trinajstić information content (AvgIpc) is 3.02. The second kappa shape index (κ2) is 9.85. The first-order valence-electron chi connectivity index (χ1n) is 10.7. The van der Waals surface area contributed by atoms with Crippen molar-refractivity contribution in [2.24, 2.45) is 5.92 Å². The number of hydrogen-bond donors (Lipinski definition) is 0. The summed E-state index contributed by atoms with van der Waals surface area (Å²) in [6.07, 6.45) is 5.99. The lowest BCUT2D eigenvalue weighted by Gasteiger charge is -2.34. The van der Waals surface area contributed by atoms with Crippen LogP contribution in [0.2, 0.25) is 0 Å². The minimum atomic E-state index is -0.427. The molecule has 3 heterocycles. The molecule has 2 aliphatic heterocycles. The Morgan fingerprint density at radius 3 is 2.24 bits per heavy atom. The van der Waals surface area contributed by atoms with Gasteiger partial charge in [-0.25, -0.2) is 9.78 Å². The summed E-state index contributed by atoms with van der Waals surface area (Å²) in [5, 5.41) is 0. The van der Waals surface area contributed by atoms with Crippen LogP contribution in [0.1, 0.15) is 72.0 Å². The van der Waals surface area contributed by atoms with Crippen molar-refractivity contribution >= 4 is 17.8 Å². The molecule has 0 saturated carbocycles. The van der Waals surface area contributed by atoms with E-state index in [-0.39, 0.29) is 17.7 Å². The molecule has 2 amide bonds. The van der Waals surface area contributed by atoms with Crippen LogP contribution in [-0.4, -0.2) is 65.4 Å². The van der Waals surface area contributed by atoms with Crippen molar-refractivity contribution in [1.82, 2.24) is 14.8 Å². The molecule has 0 spiro atoms. The lowest BCUT2D eigenvalue weighted by molar-refractivity contribution is -0.136. The van der Waals surface area contributed by atoms with Crippen LogP contribution in [0, 0.1) is 12.8 Å². The van der Waals surface area contributed by atoms with Crippen LogP contribution in [0.25, 0.3) is 0 Å². The minimum absolute atomic E-state index is 0.0121.